The van der Waals surface area contributed by atoms with Gasteiger partial charge in [-0.3, -0.25) is 4.79 Å². The summed E-state index contributed by atoms with van der Waals surface area (Å²) in [5, 5.41) is 3.32. The van der Waals surface area contributed by atoms with Crippen molar-refractivity contribution in [3.05, 3.63) is 24.4 Å². The molecule has 3 N–H and O–H groups in total. The highest BCUT2D eigenvalue weighted by Gasteiger charge is 2.09. The molecule has 2 rings (SSSR count). The van der Waals surface area contributed by atoms with Gasteiger partial charge in [-0.25, -0.2) is 4.98 Å². The monoisotopic (exact) mass is 222 g/mol. The van der Waals surface area contributed by atoms with Crippen molar-refractivity contribution < 1.29 is 4.79 Å². The fraction of sp³-hybridized carbons (Fsp3) is 0.455. The van der Waals surface area contributed by atoms with E-state index in [2.05, 4.69) is 27.0 Å². The quantitative estimate of drug-likeness (QED) is 0.700. The molecular formula is C11H18N4O. The molecule has 0 bridgehead atoms. The lowest BCUT2D eigenvalue weighted by atomic mass is 10.3. The van der Waals surface area contributed by atoms with Crippen molar-refractivity contribution in [3.63, 3.8) is 0 Å². The minimum Gasteiger partial charge on any atom is -0.370 e. The van der Waals surface area contributed by atoms with Crippen molar-refractivity contribution >= 4 is 11.7 Å². The molecule has 5 nitrogen and oxygen atoms in total. The van der Waals surface area contributed by atoms with Gasteiger partial charge in [-0.2, -0.15) is 0 Å². The van der Waals surface area contributed by atoms with E-state index in [0.29, 0.717) is 0 Å². The largest absolute Gasteiger partial charge is 0.370 e. The van der Waals surface area contributed by atoms with Crippen LogP contribution in [0.1, 0.15) is 6.92 Å². The van der Waals surface area contributed by atoms with Gasteiger partial charge >= 0.3 is 0 Å². The second-order valence-corrected chi connectivity index (χ2v) is 3.54. The molecule has 1 saturated heterocycles. The first kappa shape index (κ1) is 12.4. The summed E-state index contributed by atoms with van der Waals surface area (Å²) in [7, 11) is 0. The third-order valence-corrected chi connectivity index (χ3v) is 2.09. The van der Waals surface area contributed by atoms with Gasteiger partial charge in [-0.15, -0.1) is 0 Å². The summed E-state index contributed by atoms with van der Waals surface area (Å²) in [5.41, 5.74) is 4.47. The second-order valence-electron chi connectivity index (χ2n) is 3.54. The zero-order valence-electron chi connectivity index (χ0n) is 9.52. The highest BCUT2D eigenvalue weighted by atomic mass is 16.1. The Morgan fingerprint density at radius 2 is 2.06 bits per heavy atom. The van der Waals surface area contributed by atoms with Crippen LogP contribution >= 0.6 is 0 Å². The van der Waals surface area contributed by atoms with E-state index < -0.39 is 0 Å². The minimum atomic E-state index is -0.333. The Bertz CT molecular complexity index is 305. The number of hydrogen-bond donors (Lipinski definition) is 2. The van der Waals surface area contributed by atoms with E-state index in [1.165, 1.54) is 6.92 Å². The molecule has 0 aliphatic carbocycles. The smallest absolute Gasteiger partial charge is 0.214 e. The lowest BCUT2D eigenvalue weighted by Gasteiger charge is -2.28. The standard InChI is InChI=1S/C9H13N3.C2H5NO/c1-2-4-11-9(3-1)12-7-5-10-6-8-12;1-2(3)4/h1-4,10H,5-8H2;1H3,(H2,3,4). The van der Waals surface area contributed by atoms with Gasteiger partial charge in [-0.05, 0) is 12.1 Å². The van der Waals surface area contributed by atoms with Gasteiger partial charge in [0.1, 0.15) is 5.82 Å². The van der Waals surface area contributed by atoms with Crippen LogP contribution in [0.15, 0.2) is 24.4 Å². The van der Waals surface area contributed by atoms with E-state index in [9.17, 15) is 4.79 Å². The summed E-state index contributed by atoms with van der Waals surface area (Å²) in [6.07, 6.45) is 1.84. The lowest BCUT2D eigenvalue weighted by molar-refractivity contribution is -0.115. The molecule has 16 heavy (non-hydrogen) atoms. The van der Waals surface area contributed by atoms with Crippen LogP contribution in [0.5, 0.6) is 0 Å². The van der Waals surface area contributed by atoms with Gasteiger partial charge in [-0.1, -0.05) is 6.07 Å². The Hall–Kier alpha value is -1.62. The number of nitrogens with zero attached hydrogens (tertiary/aromatic N) is 2. The molecule has 1 aliphatic heterocycles. The van der Waals surface area contributed by atoms with E-state index >= 15 is 0 Å². The predicted molar refractivity (Wildman–Crippen MR) is 64.2 cm³/mol. The van der Waals surface area contributed by atoms with E-state index in [1.54, 1.807) is 0 Å². The summed E-state index contributed by atoms with van der Waals surface area (Å²) in [6, 6.07) is 6.04. The average Bonchev–Trinajstić information content (AvgIpc) is 2.31. The summed E-state index contributed by atoms with van der Waals surface area (Å²) >= 11 is 0. The normalized spacial score (nSPS) is 14.9. The fourth-order valence-electron chi connectivity index (χ4n) is 1.43. The fourth-order valence-corrected chi connectivity index (χ4v) is 1.43. The van der Waals surface area contributed by atoms with Crippen LogP contribution in [-0.4, -0.2) is 37.1 Å². The summed E-state index contributed by atoms with van der Waals surface area (Å²) in [5.74, 6) is 0.763. The number of hydrogen-bond acceptors (Lipinski definition) is 4. The minimum absolute atomic E-state index is 0.333. The van der Waals surface area contributed by atoms with Crippen LogP contribution in [0, 0.1) is 0 Å². The highest BCUT2D eigenvalue weighted by Crippen LogP contribution is 2.08. The van der Waals surface area contributed by atoms with Gasteiger partial charge < -0.3 is 16.0 Å². The van der Waals surface area contributed by atoms with Crippen molar-refractivity contribution in [3.8, 4) is 0 Å². The average molecular weight is 222 g/mol. The van der Waals surface area contributed by atoms with Crippen LogP contribution in [0.3, 0.4) is 0 Å². The maximum absolute atomic E-state index is 9.22. The van der Waals surface area contributed by atoms with E-state index in [4.69, 9.17) is 0 Å². The molecule has 1 amide bonds. The molecule has 2 heterocycles. The van der Waals surface area contributed by atoms with Crippen molar-refractivity contribution in [2.45, 2.75) is 6.92 Å². The lowest BCUT2D eigenvalue weighted by Crippen LogP contribution is -2.43. The number of amides is 1. The number of carbonyl (C=O) groups excluding carboxylic acids is 1. The highest BCUT2D eigenvalue weighted by molar-refractivity contribution is 5.70. The number of nitrogens with one attached hydrogen (secondary N) is 1. The van der Waals surface area contributed by atoms with Crippen LogP contribution in [-0.2, 0) is 4.79 Å². The molecule has 0 saturated carbocycles. The molecule has 0 atom stereocenters. The second kappa shape index (κ2) is 6.79. The number of aromatic nitrogens is 1. The number of anilines is 1. The van der Waals surface area contributed by atoms with Gasteiger partial charge in [0, 0.05) is 39.3 Å². The third kappa shape index (κ3) is 4.75. The Morgan fingerprint density at radius 3 is 2.56 bits per heavy atom. The number of piperazine rings is 1. The molecule has 0 aromatic carbocycles. The van der Waals surface area contributed by atoms with Gasteiger partial charge in [0.2, 0.25) is 5.91 Å². The Morgan fingerprint density at radius 1 is 1.44 bits per heavy atom. The van der Waals surface area contributed by atoms with Crippen LogP contribution in [0.4, 0.5) is 5.82 Å². The maximum Gasteiger partial charge on any atom is 0.214 e. The molecule has 0 radical (unpaired) electrons. The van der Waals surface area contributed by atoms with Crippen molar-refractivity contribution in [1.29, 1.82) is 0 Å². The zero-order valence-corrected chi connectivity index (χ0v) is 9.52. The molecule has 1 fully saturated rings. The Balaban J connectivity index is 0.000000280. The predicted octanol–water partition coefficient (Wildman–Crippen LogP) is -0.0172. The molecule has 1 aliphatic rings. The zero-order chi connectivity index (χ0) is 11.8. The molecule has 88 valence electrons. The molecule has 5 heteroatoms. The molecule has 0 spiro atoms. The van der Waals surface area contributed by atoms with Crippen molar-refractivity contribution in [2.75, 3.05) is 31.1 Å². The van der Waals surface area contributed by atoms with Crippen LogP contribution < -0.4 is 16.0 Å². The SMILES string of the molecule is CC(N)=O.c1ccc(N2CCNCC2)nc1. The number of carbonyl (C=O) groups is 1. The Kier molecular flexibility index (Phi) is 5.28. The maximum atomic E-state index is 9.22. The summed E-state index contributed by atoms with van der Waals surface area (Å²) in [6.45, 7) is 5.57. The summed E-state index contributed by atoms with van der Waals surface area (Å²) < 4.78 is 0. The third-order valence-electron chi connectivity index (χ3n) is 2.09. The first-order valence-electron chi connectivity index (χ1n) is 5.33. The van der Waals surface area contributed by atoms with Crippen molar-refractivity contribution in [2.24, 2.45) is 5.73 Å². The molecular weight excluding hydrogens is 204 g/mol. The molecule has 1 aromatic rings. The Labute approximate surface area is 95.7 Å². The molecule has 1 aromatic heterocycles. The number of pyridine rings is 1. The van der Waals surface area contributed by atoms with Crippen molar-refractivity contribution in [1.82, 2.24) is 10.3 Å². The topological polar surface area (TPSA) is 71.2 Å². The number of rotatable bonds is 1. The first-order chi connectivity index (χ1) is 7.70. The van der Waals surface area contributed by atoms with E-state index in [1.807, 2.05) is 18.3 Å². The van der Waals surface area contributed by atoms with Crippen LogP contribution in [0.25, 0.3) is 0 Å². The number of nitrogens with two attached hydrogens (primary N) is 1. The van der Waals surface area contributed by atoms with Gasteiger partial charge in [0.15, 0.2) is 0 Å². The van der Waals surface area contributed by atoms with Crippen LogP contribution in [0.2, 0.25) is 0 Å². The summed E-state index contributed by atoms with van der Waals surface area (Å²) in [4.78, 5) is 15.8. The van der Waals surface area contributed by atoms with Gasteiger partial charge in [0.25, 0.3) is 0 Å². The van der Waals surface area contributed by atoms with Gasteiger partial charge in [0.05, 0.1) is 0 Å². The first-order valence-corrected chi connectivity index (χ1v) is 5.33. The van der Waals surface area contributed by atoms with E-state index in [-0.39, 0.29) is 5.91 Å². The number of primary amides is 1. The van der Waals surface area contributed by atoms with E-state index in [0.717, 1.165) is 32.0 Å². The molecule has 0 unspecified atom stereocenters.